The van der Waals surface area contributed by atoms with Gasteiger partial charge >= 0.3 is 5.97 Å². The first kappa shape index (κ1) is 29.2. The van der Waals surface area contributed by atoms with E-state index < -0.39 is 0 Å². The highest BCUT2D eigenvalue weighted by molar-refractivity contribution is 5.81. The molecule has 3 aromatic carbocycles. The maximum absolute atomic E-state index is 12.9. The fourth-order valence-corrected chi connectivity index (χ4v) is 4.92. The largest absolute Gasteiger partial charge is 0.508 e. The first-order valence-corrected chi connectivity index (χ1v) is 14.3. The summed E-state index contributed by atoms with van der Waals surface area (Å²) in [4.78, 5) is 12.9. The minimum atomic E-state index is -0.285. The summed E-state index contributed by atoms with van der Waals surface area (Å²) in [6.07, 6.45) is 8.06. The van der Waals surface area contributed by atoms with E-state index in [4.69, 9.17) is 9.47 Å². The summed E-state index contributed by atoms with van der Waals surface area (Å²) in [5.41, 5.74) is 3.41. The summed E-state index contributed by atoms with van der Waals surface area (Å²) in [6.45, 7) is 2.02. The number of phenolic OH excluding ortho intramolecular Hbond substituents is 1. The predicted octanol–water partition coefficient (Wildman–Crippen LogP) is 6.74. The molecule has 0 aliphatic carbocycles. The van der Waals surface area contributed by atoms with Crippen molar-refractivity contribution in [2.45, 2.75) is 57.7 Å². The molecule has 212 valence electrons. The van der Waals surface area contributed by atoms with Crippen molar-refractivity contribution in [2.75, 3.05) is 27.7 Å². The highest BCUT2D eigenvalue weighted by atomic mass is 16.5. The zero-order valence-electron chi connectivity index (χ0n) is 24.1. The number of nitrogens with zero attached hydrogens (tertiary/aromatic N) is 2. The molecule has 0 radical (unpaired) electrons. The number of likely N-dealkylation sites (N-methyl/N-ethyl adjacent to an activating group) is 1. The second-order valence-corrected chi connectivity index (χ2v) is 11.4. The number of phenols is 1. The predicted molar refractivity (Wildman–Crippen MR) is 160 cm³/mol. The number of carbonyl (C=O) groups is 1. The summed E-state index contributed by atoms with van der Waals surface area (Å²) in [7, 11) is 6.04. The van der Waals surface area contributed by atoms with Crippen LogP contribution in [0.4, 0.5) is 0 Å². The maximum Gasteiger partial charge on any atom is 0.365 e. The normalized spacial score (nSPS) is 12.4. The summed E-state index contributed by atoms with van der Waals surface area (Å²) in [5.74, 6) is 0.963. The van der Waals surface area contributed by atoms with Gasteiger partial charge in [0.1, 0.15) is 18.1 Å². The summed E-state index contributed by atoms with van der Waals surface area (Å²) in [5, 5.41) is 10.7. The van der Waals surface area contributed by atoms with Crippen molar-refractivity contribution in [2.24, 2.45) is 0 Å². The van der Waals surface area contributed by atoms with E-state index in [-0.39, 0.29) is 17.8 Å². The van der Waals surface area contributed by atoms with Crippen molar-refractivity contribution < 1.29 is 23.9 Å². The van der Waals surface area contributed by atoms with Gasteiger partial charge in [-0.25, -0.2) is 4.79 Å². The molecule has 1 unspecified atom stereocenters. The van der Waals surface area contributed by atoms with Crippen LogP contribution >= 0.6 is 0 Å². The Morgan fingerprint density at radius 3 is 2.33 bits per heavy atom. The van der Waals surface area contributed by atoms with Gasteiger partial charge in [0.05, 0.1) is 27.7 Å². The Balaban J connectivity index is 1.13. The van der Waals surface area contributed by atoms with Gasteiger partial charge in [0.2, 0.25) is 0 Å². The molecule has 0 amide bonds. The lowest BCUT2D eigenvalue weighted by Gasteiger charge is -2.32. The quantitative estimate of drug-likeness (QED) is 0.103. The highest BCUT2D eigenvalue weighted by Gasteiger charge is 2.33. The zero-order valence-corrected chi connectivity index (χ0v) is 24.1. The molecule has 1 N–H and O–H groups in total. The third-order valence-electron chi connectivity index (χ3n) is 7.35. The number of carbonyl (C=O) groups excluding carboxylic acids is 1. The van der Waals surface area contributed by atoms with Crippen LogP contribution in [0.1, 0.15) is 43.2 Å². The lowest BCUT2D eigenvalue weighted by molar-refractivity contribution is -0.887. The van der Waals surface area contributed by atoms with Crippen LogP contribution in [0, 0.1) is 0 Å². The van der Waals surface area contributed by atoms with Crippen LogP contribution in [0.25, 0.3) is 10.9 Å². The maximum atomic E-state index is 12.9. The molecule has 0 aliphatic heterocycles. The summed E-state index contributed by atoms with van der Waals surface area (Å²) < 4.78 is 14.5. The minimum Gasteiger partial charge on any atom is -0.508 e. The molecule has 6 heteroatoms. The molecule has 6 nitrogen and oxygen atoms in total. The molecule has 0 saturated carbocycles. The molecule has 0 saturated heterocycles. The van der Waals surface area contributed by atoms with Crippen molar-refractivity contribution in [1.82, 2.24) is 4.57 Å². The number of aromatic hydroxyl groups is 1. The first-order chi connectivity index (χ1) is 19.3. The first-order valence-electron chi connectivity index (χ1n) is 14.3. The van der Waals surface area contributed by atoms with Crippen molar-refractivity contribution in [3.8, 4) is 11.5 Å². The van der Waals surface area contributed by atoms with E-state index >= 15 is 0 Å². The molecular formula is C34H43N2O4+. The van der Waals surface area contributed by atoms with E-state index in [9.17, 15) is 9.90 Å². The average Bonchev–Trinajstić information content (AvgIpc) is 3.35. The van der Waals surface area contributed by atoms with E-state index in [0.29, 0.717) is 24.1 Å². The number of esters is 1. The van der Waals surface area contributed by atoms with E-state index in [1.807, 2.05) is 51.5 Å². The van der Waals surface area contributed by atoms with E-state index in [1.165, 1.54) is 10.9 Å². The lowest BCUT2D eigenvalue weighted by Crippen LogP contribution is -2.51. The summed E-state index contributed by atoms with van der Waals surface area (Å²) in [6, 6.07) is 25.4. The number of quaternary nitrogens is 1. The van der Waals surface area contributed by atoms with Gasteiger partial charge in [-0.2, -0.15) is 0 Å². The van der Waals surface area contributed by atoms with Gasteiger partial charge in [-0.15, -0.1) is 0 Å². The molecule has 40 heavy (non-hydrogen) atoms. The Labute approximate surface area is 238 Å². The Morgan fingerprint density at radius 1 is 0.850 bits per heavy atom. The third kappa shape index (κ3) is 8.62. The number of rotatable bonds is 15. The number of aryl methyl sites for hydroxylation is 1. The number of unbranched alkanes of at least 4 members (excludes halogenated alkanes) is 4. The number of fused-ring (bicyclic) bond motifs is 1. The molecule has 0 bridgehead atoms. The van der Waals surface area contributed by atoms with Gasteiger partial charge in [-0.05, 0) is 60.4 Å². The molecule has 0 spiro atoms. The lowest BCUT2D eigenvalue weighted by atomic mass is 10.0. The van der Waals surface area contributed by atoms with Crippen LogP contribution in [0.2, 0.25) is 0 Å². The van der Waals surface area contributed by atoms with Gasteiger partial charge in [0.25, 0.3) is 0 Å². The Hall–Kier alpha value is -3.77. The van der Waals surface area contributed by atoms with Gasteiger partial charge in [-0.3, -0.25) is 0 Å². The van der Waals surface area contributed by atoms with Crippen LogP contribution in [0.15, 0.2) is 85.1 Å². The molecule has 1 aromatic heterocycles. The zero-order chi connectivity index (χ0) is 28.4. The standard InChI is InChI=1S/C34H42N2O4/c1-36(2,3)33(24-27-14-16-30(37)17-15-27)34(38)39-23-11-6-4-5-10-21-35-22-20-29-25-31(18-19-32(29)35)40-26-28-12-8-7-9-13-28/h7-9,12-20,22,25,33H,4-6,10-11,21,23-24,26H2,1-3H3/p+1. The third-order valence-corrected chi connectivity index (χ3v) is 7.35. The Bertz CT molecular complexity index is 1340. The van der Waals surface area contributed by atoms with Crippen LogP contribution < -0.4 is 4.74 Å². The number of hydrogen-bond acceptors (Lipinski definition) is 4. The van der Waals surface area contributed by atoms with Gasteiger partial charge in [-0.1, -0.05) is 61.7 Å². The number of aromatic nitrogens is 1. The molecule has 0 fully saturated rings. The fourth-order valence-electron chi connectivity index (χ4n) is 4.92. The summed E-state index contributed by atoms with van der Waals surface area (Å²) >= 11 is 0. The van der Waals surface area contributed by atoms with Gasteiger partial charge < -0.3 is 23.6 Å². The molecule has 1 atom stereocenters. The monoisotopic (exact) mass is 543 g/mol. The van der Waals surface area contributed by atoms with Crippen molar-refractivity contribution in [1.29, 1.82) is 0 Å². The minimum absolute atomic E-state index is 0.159. The molecular weight excluding hydrogens is 500 g/mol. The Morgan fingerprint density at radius 2 is 1.57 bits per heavy atom. The highest BCUT2D eigenvalue weighted by Crippen LogP contribution is 2.24. The van der Waals surface area contributed by atoms with E-state index in [2.05, 4.69) is 47.2 Å². The van der Waals surface area contributed by atoms with Crippen LogP contribution in [-0.2, 0) is 29.1 Å². The van der Waals surface area contributed by atoms with Crippen LogP contribution in [0.3, 0.4) is 0 Å². The second-order valence-electron chi connectivity index (χ2n) is 11.4. The number of ether oxygens (including phenoxy) is 2. The van der Waals surface area contributed by atoms with Crippen LogP contribution in [-0.4, -0.2) is 53.9 Å². The smallest absolute Gasteiger partial charge is 0.365 e. The fraction of sp³-hybridized carbons (Fsp3) is 0.382. The van der Waals surface area contributed by atoms with Crippen molar-refractivity contribution in [3.63, 3.8) is 0 Å². The topological polar surface area (TPSA) is 60.7 Å². The SMILES string of the molecule is C[N+](C)(C)C(Cc1ccc(O)cc1)C(=O)OCCCCCCCn1ccc2cc(OCc3ccccc3)ccc21. The van der Waals surface area contributed by atoms with Crippen molar-refractivity contribution in [3.05, 3.63) is 96.2 Å². The number of hydrogen-bond donors (Lipinski definition) is 1. The second kappa shape index (κ2) is 14.0. The van der Waals surface area contributed by atoms with Crippen LogP contribution in [0.5, 0.6) is 11.5 Å². The Kier molecular flexibility index (Phi) is 10.3. The molecule has 1 heterocycles. The average molecular weight is 544 g/mol. The van der Waals surface area contributed by atoms with Gasteiger partial charge in [0.15, 0.2) is 6.04 Å². The molecule has 4 aromatic rings. The van der Waals surface area contributed by atoms with E-state index in [1.54, 1.807) is 12.1 Å². The van der Waals surface area contributed by atoms with E-state index in [0.717, 1.165) is 55.5 Å². The van der Waals surface area contributed by atoms with Gasteiger partial charge in [0, 0.05) is 30.1 Å². The van der Waals surface area contributed by atoms with Crippen molar-refractivity contribution >= 4 is 16.9 Å². The molecule has 0 aliphatic rings. The molecule has 4 rings (SSSR count). The number of benzene rings is 3.